The van der Waals surface area contributed by atoms with Gasteiger partial charge in [0.1, 0.15) is 5.75 Å². The number of methoxy groups -OCH3 is 1. The first kappa shape index (κ1) is 14.4. The first-order valence-electron chi connectivity index (χ1n) is 7.62. The maximum absolute atomic E-state index is 12.4. The van der Waals surface area contributed by atoms with Crippen molar-refractivity contribution in [3.05, 3.63) is 40.6 Å². The molecule has 8 nitrogen and oxygen atoms in total. The number of para-hydroxylation sites is 1. The molecular weight excluding hydrogens is 308 g/mol. The number of nitrogens with zero attached hydrogens (tertiary/aromatic N) is 5. The van der Waals surface area contributed by atoms with E-state index in [-0.39, 0.29) is 5.69 Å². The Morgan fingerprint density at radius 2 is 2.12 bits per heavy atom. The summed E-state index contributed by atoms with van der Waals surface area (Å²) in [5.41, 5.74) is 2.38. The second-order valence-corrected chi connectivity index (χ2v) is 5.47. The number of H-pyrrole nitrogens is 1. The number of hydrogen-bond donors (Lipinski definition) is 1. The average Bonchev–Trinajstić information content (AvgIpc) is 3.18. The number of rotatable bonds is 3. The van der Waals surface area contributed by atoms with Crippen molar-refractivity contribution in [3.63, 3.8) is 0 Å². The van der Waals surface area contributed by atoms with Gasteiger partial charge in [-0.3, -0.25) is 4.68 Å². The van der Waals surface area contributed by atoms with Gasteiger partial charge in [0.2, 0.25) is 0 Å². The van der Waals surface area contributed by atoms with Gasteiger partial charge in [-0.15, -0.1) is 5.10 Å². The Labute approximate surface area is 136 Å². The highest BCUT2D eigenvalue weighted by Gasteiger charge is 2.17. The smallest absolute Gasteiger partial charge is 0.348 e. The lowest BCUT2D eigenvalue weighted by Crippen LogP contribution is -2.17. The number of aryl methyl sites for hydroxylation is 2. The molecular formula is C16H16N6O2. The molecule has 3 heterocycles. The Bertz CT molecular complexity index is 1120. The van der Waals surface area contributed by atoms with Crippen LogP contribution < -0.4 is 10.4 Å². The van der Waals surface area contributed by atoms with Gasteiger partial charge in [0.25, 0.3) is 0 Å². The van der Waals surface area contributed by atoms with Crippen LogP contribution in [0.3, 0.4) is 0 Å². The third-order valence-electron chi connectivity index (χ3n) is 4.03. The molecule has 0 aliphatic carbocycles. The van der Waals surface area contributed by atoms with Gasteiger partial charge < -0.3 is 9.72 Å². The van der Waals surface area contributed by atoms with Crippen molar-refractivity contribution in [2.45, 2.75) is 20.4 Å². The van der Waals surface area contributed by atoms with E-state index in [4.69, 9.17) is 4.74 Å². The van der Waals surface area contributed by atoms with Crippen LogP contribution in [0.15, 0.2) is 29.2 Å². The van der Waals surface area contributed by atoms with Crippen LogP contribution in [-0.2, 0) is 6.54 Å². The third kappa shape index (κ3) is 1.99. The van der Waals surface area contributed by atoms with E-state index in [1.807, 2.05) is 36.9 Å². The molecule has 3 aromatic heterocycles. The number of aromatic amines is 1. The lowest BCUT2D eigenvalue weighted by molar-refractivity contribution is 0.418. The monoisotopic (exact) mass is 324 g/mol. The first-order valence-corrected chi connectivity index (χ1v) is 7.62. The molecule has 0 spiro atoms. The minimum Gasteiger partial charge on any atom is -0.495 e. The Morgan fingerprint density at radius 3 is 2.83 bits per heavy atom. The number of fused-ring (bicyclic) bond motifs is 3. The number of nitrogens with one attached hydrogen (secondary N) is 1. The summed E-state index contributed by atoms with van der Waals surface area (Å²) in [5, 5.41) is 9.55. The summed E-state index contributed by atoms with van der Waals surface area (Å²) >= 11 is 0. The van der Waals surface area contributed by atoms with Crippen molar-refractivity contribution in [1.29, 1.82) is 0 Å². The highest BCUT2D eigenvalue weighted by molar-refractivity contribution is 5.95. The van der Waals surface area contributed by atoms with Crippen molar-refractivity contribution in [2.24, 2.45) is 0 Å². The van der Waals surface area contributed by atoms with E-state index in [1.165, 1.54) is 4.52 Å². The molecule has 0 unspecified atom stereocenters. The number of hydrogen-bond acceptors (Lipinski definition) is 5. The zero-order valence-corrected chi connectivity index (χ0v) is 13.6. The SMILES string of the molecule is CCn1cc(-c2nc3c4cccc(OC)c4[nH]c(=O)n3n2)c(C)n1. The number of ether oxygens (including phenoxy) is 1. The maximum atomic E-state index is 12.4. The van der Waals surface area contributed by atoms with Crippen molar-refractivity contribution < 1.29 is 4.74 Å². The predicted molar refractivity (Wildman–Crippen MR) is 89.3 cm³/mol. The van der Waals surface area contributed by atoms with Crippen LogP contribution in [0, 0.1) is 6.92 Å². The summed E-state index contributed by atoms with van der Waals surface area (Å²) in [6.45, 7) is 4.67. The van der Waals surface area contributed by atoms with E-state index < -0.39 is 0 Å². The lowest BCUT2D eigenvalue weighted by Gasteiger charge is -2.04. The first-order chi connectivity index (χ1) is 11.6. The molecule has 0 amide bonds. The van der Waals surface area contributed by atoms with Gasteiger partial charge >= 0.3 is 5.69 Å². The number of benzene rings is 1. The maximum Gasteiger partial charge on any atom is 0.348 e. The average molecular weight is 324 g/mol. The fourth-order valence-corrected chi connectivity index (χ4v) is 2.82. The van der Waals surface area contributed by atoms with Crippen LogP contribution in [0.5, 0.6) is 5.75 Å². The molecule has 0 bridgehead atoms. The molecule has 1 aromatic carbocycles. The van der Waals surface area contributed by atoms with Crippen molar-refractivity contribution >= 4 is 16.6 Å². The standard InChI is InChI=1S/C16H16N6O2/c1-4-21-8-11(9(2)19-21)14-18-15-10-6-5-7-12(24-3)13(10)17-16(23)22(15)20-14/h5-8H,4H2,1-3H3,(H,17,23). The summed E-state index contributed by atoms with van der Waals surface area (Å²) in [5.74, 6) is 1.07. The molecule has 122 valence electrons. The van der Waals surface area contributed by atoms with Crippen LogP contribution in [0.25, 0.3) is 27.9 Å². The van der Waals surface area contributed by atoms with Gasteiger partial charge in [0, 0.05) is 18.1 Å². The number of aromatic nitrogens is 6. The molecule has 4 rings (SSSR count). The zero-order valence-electron chi connectivity index (χ0n) is 13.6. The molecule has 0 saturated heterocycles. The van der Waals surface area contributed by atoms with E-state index in [9.17, 15) is 4.79 Å². The van der Waals surface area contributed by atoms with Gasteiger partial charge in [-0.05, 0) is 26.0 Å². The molecule has 24 heavy (non-hydrogen) atoms. The zero-order chi connectivity index (χ0) is 16.8. The van der Waals surface area contributed by atoms with Crippen molar-refractivity contribution in [3.8, 4) is 17.1 Å². The topological polar surface area (TPSA) is 90.1 Å². The molecule has 0 aliphatic heterocycles. The van der Waals surface area contributed by atoms with E-state index >= 15 is 0 Å². The predicted octanol–water partition coefficient (Wildman–Crippen LogP) is 1.77. The Kier molecular flexibility index (Phi) is 3.12. The highest BCUT2D eigenvalue weighted by atomic mass is 16.5. The molecule has 8 heteroatoms. The van der Waals surface area contributed by atoms with Crippen LogP contribution in [0.4, 0.5) is 0 Å². The van der Waals surface area contributed by atoms with E-state index in [0.29, 0.717) is 22.7 Å². The van der Waals surface area contributed by atoms with Gasteiger partial charge in [0.15, 0.2) is 11.5 Å². The van der Waals surface area contributed by atoms with Crippen molar-refractivity contribution in [2.75, 3.05) is 7.11 Å². The molecule has 0 atom stereocenters. The Hall–Kier alpha value is -3.16. The third-order valence-corrected chi connectivity index (χ3v) is 4.03. The Balaban J connectivity index is 2.04. The molecule has 4 aromatic rings. The van der Waals surface area contributed by atoms with Crippen LogP contribution in [0.1, 0.15) is 12.6 Å². The summed E-state index contributed by atoms with van der Waals surface area (Å²) in [7, 11) is 1.56. The van der Waals surface area contributed by atoms with E-state index in [0.717, 1.165) is 23.2 Å². The van der Waals surface area contributed by atoms with Gasteiger partial charge in [-0.25, -0.2) is 9.78 Å². The van der Waals surface area contributed by atoms with E-state index in [2.05, 4.69) is 20.2 Å². The fraction of sp³-hybridized carbons (Fsp3) is 0.250. The quantitative estimate of drug-likeness (QED) is 0.620. The van der Waals surface area contributed by atoms with Gasteiger partial charge in [0.05, 0.1) is 23.9 Å². The molecule has 0 fully saturated rings. The normalized spacial score (nSPS) is 11.5. The fourth-order valence-electron chi connectivity index (χ4n) is 2.82. The molecule has 0 aliphatic rings. The van der Waals surface area contributed by atoms with Crippen LogP contribution in [-0.4, -0.2) is 36.5 Å². The molecule has 0 saturated carbocycles. The van der Waals surface area contributed by atoms with Gasteiger partial charge in [-0.2, -0.15) is 9.61 Å². The minimum absolute atomic E-state index is 0.360. The summed E-state index contributed by atoms with van der Waals surface area (Å²) in [6, 6.07) is 5.53. The largest absolute Gasteiger partial charge is 0.495 e. The summed E-state index contributed by atoms with van der Waals surface area (Å²) < 4.78 is 8.42. The second-order valence-electron chi connectivity index (χ2n) is 5.47. The van der Waals surface area contributed by atoms with Crippen LogP contribution >= 0.6 is 0 Å². The second kappa shape index (κ2) is 5.19. The lowest BCUT2D eigenvalue weighted by atomic mass is 10.2. The molecule has 0 radical (unpaired) electrons. The minimum atomic E-state index is -0.360. The van der Waals surface area contributed by atoms with E-state index in [1.54, 1.807) is 13.2 Å². The highest BCUT2D eigenvalue weighted by Crippen LogP contribution is 2.26. The Morgan fingerprint density at radius 1 is 1.29 bits per heavy atom. The molecule has 1 N–H and O–H groups in total. The van der Waals surface area contributed by atoms with Crippen LogP contribution in [0.2, 0.25) is 0 Å². The summed E-state index contributed by atoms with van der Waals surface area (Å²) in [6.07, 6.45) is 1.89. The van der Waals surface area contributed by atoms with Gasteiger partial charge in [-0.1, -0.05) is 6.07 Å². The van der Waals surface area contributed by atoms with Crippen molar-refractivity contribution in [1.82, 2.24) is 29.4 Å². The summed E-state index contributed by atoms with van der Waals surface area (Å²) in [4.78, 5) is 19.8.